The number of hydrogen-bond donors (Lipinski definition) is 1. The number of pyridine rings is 1. The average Bonchev–Trinajstić information content (AvgIpc) is 3.20. The molecule has 4 rings (SSSR count). The van der Waals surface area contributed by atoms with Gasteiger partial charge in [-0.2, -0.15) is 0 Å². The summed E-state index contributed by atoms with van der Waals surface area (Å²) < 4.78 is 5.56. The average molecular weight is 452 g/mol. The van der Waals surface area contributed by atoms with E-state index in [1.165, 1.54) is 0 Å². The smallest absolute Gasteiger partial charge is 0.410 e. The lowest BCUT2D eigenvalue weighted by molar-refractivity contribution is -0.119. The van der Waals surface area contributed by atoms with Crippen molar-refractivity contribution in [1.82, 2.24) is 9.88 Å². The lowest BCUT2D eigenvalue weighted by Crippen LogP contribution is -2.36. The molecule has 1 saturated heterocycles. The number of rotatable bonds is 3. The molecule has 0 aliphatic carbocycles. The molecular formula is C25H26ClN3O3. The van der Waals surface area contributed by atoms with E-state index in [4.69, 9.17) is 16.3 Å². The Morgan fingerprint density at radius 1 is 1.03 bits per heavy atom. The molecule has 2 heterocycles. The number of ether oxygens (including phenoxy) is 1. The maximum Gasteiger partial charge on any atom is 0.410 e. The van der Waals surface area contributed by atoms with Crippen molar-refractivity contribution in [2.24, 2.45) is 5.92 Å². The molecule has 1 fully saturated rings. The molecule has 0 radical (unpaired) electrons. The van der Waals surface area contributed by atoms with Gasteiger partial charge in [-0.25, -0.2) is 9.78 Å². The maximum atomic E-state index is 13.4. The number of nitrogens with one attached hydrogen (secondary N) is 1. The van der Waals surface area contributed by atoms with E-state index in [9.17, 15) is 9.59 Å². The molecule has 2 atom stereocenters. The molecule has 1 N–H and O–H groups in total. The monoisotopic (exact) mass is 451 g/mol. The number of carbonyl (C=O) groups excluding carboxylic acids is 2. The molecule has 0 bridgehead atoms. The molecule has 1 aromatic heterocycles. The van der Waals surface area contributed by atoms with Gasteiger partial charge in [0.05, 0.1) is 5.92 Å². The van der Waals surface area contributed by atoms with Crippen LogP contribution in [0.4, 0.5) is 10.5 Å². The fourth-order valence-corrected chi connectivity index (χ4v) is 4.31. The van der Waals surface area contributed by atoms with Crippen molar-refractivity contribution < 1.29 is 14.3 Å². The van der Waals surface area contributed by atoms with Gasteiger partial charge in [0.15, 0.2) is 0 Å². The summed E-state index contributed by atoms with van der Waals surface area (Å²) in [5, 5.41) is 5.03. The normalized spacial score (nSPS) is 18.6. The summed E-state index contributed by atoms with van der Waals surface area (Å²) in [6.45, 7) is 6.21. The van der Waals surface area contributed by atoms with Gasteiger partial charge in [0, 0.05) is 41.7 Å². The molecular weight excluding hydrogens is 426 g/mol. The quantitative estimate of drug-likeness (QED) is 0.535. The number of anilines is 1. The van der Waals surface area contributed by atoms with Crippen LogP contribution in [0.1, 0.15) is 32.3 Å². The van der Waals surface area contributed by atoms with E-state index in [0.717, 1.165) is 16.3 Å². The zero-order valence-corrected chi connectivity index (χ0v) is 19.1. The molecule has 0 spiro atoms. The van der Waals surface area contributed by atoms with Crippen LogP contribution in [-0.2, 0) is 9.53 Å². The van der Waals surface area contributed by atoms with E-state index in [0.29, 0.717) is 17.4 Å². The van der Waals surface area contributed by atoms with Crippen LogP contribution in [0.2, 0.25) is 5.15 Å². The van der Waals surface area contributed by atoms with E-state index in [1.807, 2.05) is 75.4 Å². The number of halogens is 1. The standard InChI is InChI=1S/C25H26ClN3O3/c1-25(2,3)32-24(31)29-14-19(16-8-5-4-6-9-16)20(15-29)23(30)28-21-11-7-10-18-17(21)12-13-27-22(18)26/h4-13,19-20H,14-15H2,1-3H3,(H,28,30)/t19-,20+/m1/s1. The van der Waals surface area contributed by atoms with Crippen molar-refractivity contribution in [3.05, 3.63) is 71.5 Å². The number of benzene rings is 2. The van der Waals surface area contributed by atoms with Gasteiger partial charge in [-0.1, -0.05) is 54.1 Å². The van der Waals surface area contributed by atoms with Gasteiger partial charge in [-0.3, -0.25) is 4.79 Å². The predicted octanol–water partition coefficient (Wildman–Crippen LogP) is 5.48. The lowest BCUT2D eigenvalue weighted by atomic mass is 9.88. The zero-order valence-electron chi connectivity index (χ0n) is 18.3. The number of fused-ring (bicyclic) bond motifs is 1. The van der Waals surface area contributed by atoms with Crippen LogP contribution < -0.4 is 5.32 Å². The Labute approximate surface area is 192 Å². The minimum Gasteiger partial charge on any atom is -0.444 e. The van der Waals surface area contributed by atoms with Gasteiger partial charge in [-0.05, 0) is 38.5 Å². The van der Waals surface area contributed by atoms with Gasteiger partial charge in [-0.15, -0.1) is 0 Å². The van der Waals surface area contributed by atoms with E-state index in [-0.39, 0.29) is 18.4 Å². The first-order chi connectivity index (χ1) is 15.2. The lowest BCUT2D eigenvalue weighted by Gasteiger charge is -2.24. The Morgan fingerprint density at radius 3 is 2.50 bits per heavy atom. The van der Waals surface area contributed by atoms with Gasteiger partial charge >= 0.3 is 6.09 Å². The van der Waals surface area contributed by atoms with Gasteiger partial charge in [0.1, 0.15) is 10.8 Å². The number of carbonyl (C=O) groups is 2. The molecule has 1 aliphatic rings. The number of nitrogens with zero attached hydrogens (tertiary/aromatic N) is 2. The second-order valence-electron chi connectivity index (χ2n) is 9.00. The zero-order chi connectivity index (χ0) is 22.9. The van der Waals surface area contributed by atoms with E-state index < -0.39 is 17.6 Å². The van der Waals surface area contributed by atoms with Gasteiger partial charge in [0.2, 0.25) is 5.91 Å². The highest BCUT2D eigenvalue weighted by Gasteiger charge is 2.41. The van der Waals surface area contributed by atoms with Crippen LogP contribution >= 0.6 is 11.6 Å². The first-order valence-corrected chi connectivity index (χ1v) is 11.0. The summed E-state index contributed by atoms with van der Waals surface area (Å²) in [5.74, 6) is -0.702. The Bertz CT molecular complexity index is 1140. The number of aromatic nitrogens is 1. The summed E-state index contributed by atoms with van der Waals surface area (Å²) >= 11 is 6.22. The third-order valence-electron chi connectivity index (χ3n) is 5.55. The summed E-state index contributed by atoms with van der Waals surface area (Å²) in [6.07, 6.45) is 1.21. The molecule has 2 aromatic carbocycles. The second kappa shape index (κ2) is 8.79. The van der Waals surface area contributed by atoms with Crippen LogP contribution in [0, 0.1) is 5.92 Å². The summed E-state index contributed by atoms with van der Waals surface area (Å²) in [7, 11) is 0. The highest BCUT2D eigenvalue weighted by molar-refractivity contribution is 6.34. The van der Waals surface area contributed by atoms with Crippen molar-refractivity contribution in [3.8, 4) is 0 Å². The first-order valence-electron chi connectivity index (χ1n) is 10.6. The second-order valence-corrected chi connectivity index (χ2v) is 9.36. The molecule has 166 valence electrons. The predicted molar refractivity (Wildman–Crippen MR) is 126 cm³/mol. The molecule has 0 unspecified atom stereocenters. The van der Waals surface area contributed by atoms with Crippen molar-refractivity contribution >= 4 is 40.1 Å². The fourth-order valence-electron chi connectivity index (χ4n) is 4.09. The van der Waals surface area contributed by atoms with E-state index in [2.05, 4.69) is 10.3 Å². The maximum absolute atomic E-state index is 13.4. The summed E-state index contributed by atoms with van der Waals surface area (Å²) in [6, 6.07) is 17.2. The fraction of sp³-hybridized carbons (Fsp3) is 0.320. The van der Waals surface area contributed by atoms with Crippen molar-refractivity contribution in [3.63, 3.8) is 0 Å². The van der Waals surface area contributed by atoms with E-state index in [1.54, 1.807) is 11.1 Å². The van der Waals surface area contributed by atoms with Crippen molar-refractivity contribution in [2.75, 3.05) is 18.4 Å². The van der Waals surface area contributed by atoms with Crippen molar-refractivity contribution in [1.29, 1.82) is 0 Å². The molecule has 2 amide bonds. The van der Waals surface area contributed by atoms with Gasteiger partial charge in [0.25, 0.3) is 0 Å². The van der Waals surface area contributed by atoms with Crippen LogP contribution in [0.3, 0.4) is 0 Å². The number of likely N-dealkylation sites (tertiary alicyclic amines) is 1. The van der Waals surface area contributed by atoms with Crippen molar-refractivity contribution in [2.45, 2.75) is 32.3 Å². The largest absolute Gasteiger partial charge is 0.444 e. The number of hydrogen-bond acceptors (Lipinski definition) is 4. The van der Waals surface area contributed by atoms with Gasteiger partial charge < -0.3 is 15.0 Å². The minimum absolute atomic E-state index is 0.135. The SMILES string of the molecule is CC(C)(C)OC(=O)N1C[C@H](C(=O)Nc2cccc3c(Cl)nccc23)[C@@H](c2ccccc2)C1. The molecule has 0 saturated carbocycles. The first kappa shape index (κ1) is 22.1. The molecule has 7 heteroatoms. The topological polar surface area (TPSA) is 71.5 Å². The summed E-state index contributed by atoms with van der Waals surface area (Å²) in [4.78, 5) is 31.9. The number of amides is 2. The minimum atomic E-state index is -0.601. The van der Waals surface area contributed by atoms with Crippen LogP contribution in [0.15, 0.2) is 60.8 Å². The Hall–Kier alpha value is -3.12. The Morgan fingerprint density at radius 2 is 1.78 bits per heavy atom. The molecule has 6 nitrogen and oxygen atoms in total. The third-order valence-corrected chi connectivity index (χ3v) is 5.85. The van der Waals surface area contributed by atoms with E-state index >= 15 is 0 Å². The molecule has 3 aromatic rings. The highest BCUT2D eigenvalue weighted by Crippen LogP contribution is 2.35. The Balaban J connectivity index is 1.61. The molecule has 32 heavy (non-hydrogen) atoms. The molecule has 1 aliphatic heterocycles. The van der Waals surface area contributed by atoms with Crippen LogP contribution in [-0.4, -0.2) is 40.6 Å². The van der Waals surface area contributed by atoms with Crippen LogP contribution in [0.25, 0.3) is 10.8 Å². The Kier molecular flexibility index (Phi) is 6.07. The third kappa shape index (κ3) is 4.70. The highest BCUT2D eigenvalue weighted by atomic mass is 35.5. The van der Waals surface area contributed by atoms with Crippen LogP contribution in [0.5, 0.6) is 0 Å². The summed E-state index contributed by atoms with van der Waals surface area (Å²) in [5.41, 5.74) is 1.08.